The number of hydrogen-bond donors (Lipinski definition) is 7. The number of allylic oxidation sites excluding steroid dienone is 14. The number of benzene rings is 1. The average molecular weight is 1040 g/mol. The third-order valence-electron chi connectivity index (χ3n) is 8.42. The molecule has 0 amide bonds. The standard InChI is InChI=1S/C32H21N7O20S4.4Na/c40-29-19-3-1-15(5-13(19)7-24(61(51,52)53)27(29)36-34-21-9-17(38(44)45)10-26(32(21)43)63(57,58)59)33-16-2-4-20-14(6-16)8-25(62(54,55)56)28(30(20)41)37-35-22-11-18(60(48,49)50)12-23(31(22)42)39(46)47;;;;/h1-12,44,46-47H,(H6-,33,40,41,48,49,50,51,52,53,54,55,56,57,58,59);;;;/q;4*+1/p-2. The monoisotopic (exact) mass is 1040 g/mol. The topological polar surface area (TPSA) is 456 Å². The zero-order valence-corrected chi connectivity index (χ0v) is 45.4. The van der Waals surface area contributed by atoms with Crippen LogP contribution in [0.4, 0.5) is 5.69 Å². The first-order valence-electron chi connectivity index (χ1n) is 16.1. The zero-order valence-electron chi connectivity index (χ0n) is 34.1. The van der Waals surface area contributed by atoms with E-state index in [1.54, 1.807) is 0 Å². The van der Waals surface area contributed by atoms with Gasteiger partial charge in [-0.2, -0.15) is 18.2 Å². The minimum atomic E-state index is -5.59. The Hall–Kier alpha value is -2.56. The summed E-state index contributed by atoms with van der Waals surface area (Å²) in [5, 5.41) is 64.5. The zero-order chi connectivity index (χ0) is 46.7. The molecule has 35 heteroatoms. The van der Waals surface area contributed by atoms with Gasteiger partial charge < -0.3 is 24.6 Å². The van der Waals surface area contributed by atoms with E-state index in [0.717, 1.165) is 24.3 Å². The van der Waals surface area contributed by atoms with Crippen LogP contribution in [0.1, 0.15) is 15.9 Å². The molecule has 0 heterocycles. The van der Waals surface area contributed by atoms with Crippen LogP contribution in [0, 0.1) is 5.21 Å². The number of hydrogen-bond acceptors (Lipinski definition) is 23. The predicted molar refractivity (Wildman–Crippen MR) is 209 cm³/mol. The van der Waals surface area contributed by atoms with Gasteiger partial charge in [-0.1, -0.05) is 11.8 Å². The molecule has 0 saturated carbocycles. The third-order valence-corrected chi connectivity index (χ3v) is 11.8. The Balaban J connectivity index is 0.00000385. The van der Waals surface area contributed by atoms with Crippen LogP contribution in [-0.2, 0) is 59.2 Å². The Kier molecular flexibility index (Phi) is 20.5. The van der Waals surface area contributed by atoms with Crippen LogP contribution in [0.2, 0.25) is 0 Å². The molecular weight excluding hydrogens is 1020 g/mol. The van der Waals surface area contributed by atoms with Gasteiger partial charge in [0.05, 0.1) is 32.6 Å². The fourth-order valence-corrected chi connectivity index (χ4v) is 8.06. The van der Waals surface area contributed by atoms with Crippen LogP contribution >= 0.6 is 0 Å². The largest absolute Gasteiger partial charge is 1.00 e. The molecule has 7 N–H and O–H groups in total. The molecule has 0 bridgehead atoms. The summed E-state index contributed by atoms with van der Waals surface area (Å²) in [5.41, 5.74) is -7.83. The number of carbonyl (C=O) groups is 3. The van der Waals surface area contributed by atoms with Crippen LogP contribution in [0.5, 0.6) is 0 Å². The van der Waals surface area contributed by atoms with Gasteiger partial charge >= 0.3 is 139 Å². The number of fused-ring (bicyclic) bond motifs is 2. The van der Waals surface area contributed by atoms with Gasteiger partial charge in [-0.25, -0.2) is 21.8 Å². The molecule has 67 heavy (non-hydrogen) atoms. The second-order valence-corrected chi connectivity index (χ2v) is 18.1. The van der Waals surface area contributed by atoms with E-state index in [2.05, 4.69) is 25.4 Å². The molecule has 27 nitrogen and oxygen atoms in total. The normalized spacial score (nSPS) is 20.5. The van der Waals surface area contributed by atoms with Crippen LogP contribution < -0.4 is 123 Å². The van der Waals surface area contributed by atoms with E-state index in [1.807, 2.05) is 0 Å². The minimum absolute atomic E-state index is 0. The van der Waals surface area contributed by atoms with Crippen molar-refractivity contribution in [2.75, 3.05) is 0 Å². The molecular formula is C32H19N7Na4O20S4+2. The van der Waals surface area contributed by atoms with E-state index < -0.39 is 129 Å². The van der Waals surface area contributed by atoms with E-state index in [-0.39, 0.29) is 152 Å². The molecule has 0 atom stereocenters. The van der Waals surface area contributed by atoms with E-state index >= 15 is 0 Å². The number of carbonyl (C=O) groups excluding carboxylic acids is 3. The summed E-state index contributed by atoms with van der Waals surface area (Å²) < 4.78 is 135. The first kappa shape index (κ1) is 60.6. The molecule has 0 saturated heterocycles. The first-order valence-corrected chi connectivity index (χ1v) is 21.9. The van der Waals surface area contributed by atoms with Crippen LogP contribution in [0.15, 0.2) is 140 Å². The van der Waals surface area contributed by atoms with Crippen molar-refractivity contribution in [1.82, 2.24) is 10.5 Å². The summed E-state index contributed by atoms with van der Waals surface area (Å²) in [4.78, 5) is 38.1. The number of ketones is 3. The van der Waals surface area contributed by atoms with Crippen molar-refractivity contribution in [3.8, 4) is 0 Å². The van der Waals surface area contributed by atoms with Gasteiger partial charge in [0.25, 0.3) is 10.7 Å². The van der Waals surface area contributed by atoms with Gasteiger partial charge in [0.1, 0.15) is 37.4 Å². The van der Waals surface area contributed by atoms with Gasteiger partial charge in [-0.15, -0.1) is 25.6 Å². The fraction of sp³-hybridized carbons (Fsp3) is 0. The summed E-state index contributed by atoms with van der Waals surface area (Å²) in [6, 6.07) is 3.35. The Morgan fingerprint density at radius 2 is 1.21 bits per heavy atom. The smallest absolute Gasteiger partial charge is 0.871 e. The third kappa shape index (κ3) is 13.4. The maximum Gasteiger partial charge on any atom is 1.00 e. The van der Waals surface area contributed by atoms with Crippen molar-refractivity contribution < 1.29 is 206 Å². The molecule has 1 aromatic carbocycles. The van der Waals surface area contributed by atoms with E-state index in [0.29, 0.717) is 36.5 Å². The molecule has 0 unspecified atom stereocenters. The van der Waals surface area contributed by atoms with Crippen molar-refractivity contribution in [2.24, 2.45) is 25.4 Å². The van der Waals surface area contributed by atoms with E-state index in [9.17, 15) is 92.9 Å². The van der Waals surface area contributed by atoms with E-state index in [1.165, 1.54) is 12.1 Å². The quantitative estimate of drug-likeness (QED) is 0.0397. The molecule has 328 valence electrons. The molecule has 1 aromatic rings. The SMILES string of the molecule is O=C1C(N(O)O)=CC([S+](=O)(O)O)=CC1=NN=C1C(=O)c2ccc(N=C3C=CC4=C([O-])C(=NN=C5C=C(N([O-])O)C=C([S+](=O)(O)O)C5=O)C(S(=O)(=O)[O-])=CC4=C3)cc2C=C1S(=O)(=O)[O-].[Na+].[Na+].[Na+].[Na+]. The molecule has 0 aliphatic heterocycles. The van der Waals surface area contributed by atoms with Crippen LogP contribution in [-0.4, -0.2) is 116 Å². The Morgan fingerprint density at radius 3 is 1.75 bits per heavy atom. The molecule has 0 fully saturated rings. The summed E-state index contributed by atoms with van der Waals surface area (Å²) in [6.45, 7) is 0. The second kappa shape index (κ2) is 22.7. The number of hydroxylamine groups is 4. The van der Waals surface area contributed by atoms with Crippen molar-refractivity contribution in [3.63, 3.8) is 0 Å². The van der Waals surface area contributed by atoms with Gasteiger partial charge in [-0.3, -0.25) is 30.0 Å². The summed E-state index contributed by atoms with van der Waals surface area (Å²) in [6.07, 6.45) is 6.33. The number of aliphatic imine (C=N–C) groups is 1. The summed E-state index contributed by atoms with van der Waals surface area (Å²) in [5.74, 6) is -5.52. The molecule has 0 aromatic heterocycles. The van der Waals surface area contributed by atoms with Gasteiger partial charge in [-0.05, 0) is 73.7 Å². The molecule has 5 aliphatic rings. The van der Waals surface area contributed by atoms with Crippen molar-refractivity contribution in [2.45, 2.75) is 0 Å². The van der Waals surface area contributed by atoms with Crippen LogP contribution in [0.25, 0.3) is 6.08 Å². The number of Topliss-reactive ketones (excluding diaryl/α,β-unsaturated/α-hetero) is 3. The second-order valence-electron chi connectivity index (χ2n) is 12.5. The Bertz CT molecular complexity index is 3180. The minimum Gasteiger partial charge on any atom is -0.871 e. The summed E-state index contributed by atoms with van der Waals surface area (Å²) >= 11 is 0. The fourth-order valence-electron chi connectivity index (χ4n) is 5.62. The Labute approximate surface area is 466 Å². The van der Waals surface area contributed by atoms with Crippen molar-refractivity contribution in [3.05, 3.63) is 131 Å². The van der Waals surface area contributed by atoms with Crippen molar-refractivity contribution in [1.29, 1.82) is 0 Å². The average Bonchev–Trinajstić information content (AvgIpc) is 3.16. The summed E-state index contributed by atoms with van der Waals surface area (Å²) in [7, 11) is -21.1. The number of nitrogens with zero attached hydrogens (tertiary/aromatic N) is 7. The Morgan fingerprint density at radius 1 is 0.642 bits per heavy atom. The van der Waals surface area contributed by atoms with Gasteiger partial charge in [0.15, 0.2) is 5.71 Å². The van der Waals surface area contributed by atoms with Crippen LogP contribution in [0.3, 0.4) is 0 Å². The maximum atomic E-state index is 13.5. The maximum absolute atomic E-state index is 13.5. The first-order chi connectivity index (χ1) is 29.1. The molecule has 0 radical (unpaired) electrons. The van der Waals surface area contributed by atoms with E-state index in [4.69, 9.17) is 0 Å². The van der Waals surface area contributed by atoms with Gasteiger partial charge in [0, 0.05) is 23.8 Å². The predicted octanol–water partition coefficient (Wildman–Crippen LogP) is -12.1. The number of rotatable bonds is 9. The molecule has 6 rings (SSSR count). The molecule has 0 spiro atoms. The van der Waals surface area contributed by atoms with Crippen molar-refractivity contribution >= 4 is 98.9 Å². The van der Waals surface area contributed by atoms with Gasteiger partial charge in [0.2, 0.25) is 16.5 Å². The molecule has 5 aliphatic carbocycles.